The summed E-state index contributed by atoms with van der Waals surface area (Å²) in [6.45, 7) is 2.57. The van der Waals surface area contributed by atoms with Crippen LogP contribution in [0.4, 0.5) is 5.69 Å². The minimum absolute atomic E-state index is 0.0362. The Morgan fingerprint density at radius 3 is 2.58 bits per heavy atom. The first-order valence-electron chi connectivity index (χ1n) is 6.00. The van der Waals surface area contributed by atoms with Crippen LogP contribution in [0.1, 0.15) is 18.9 Å². The van der Waals surface area contributed by atoms with Gasteiger partial charge in [-0.3, -0.25) is 4.79 Å². The van der Waals surface area contributed by atoms with Gasteiger partial charge in [-0.25, -0.2) is 4.79 Å². The Morgan fingerprint density at radius 1 is 1.32 bits per heavy atom. The molecule has 0 radical (unpaired) electrons. The lowest BCUT2D eigenvalue weighted by Gasteiger charge is -2.05. The number of carbonyl (C=O) groups excluding carboxylic acids is 1. The van der Waals surface area contributed by atoms with Gasteiger partial charge in [0.05, 0.1) is 0 Å². The van der Waals surface area contributed by atoms with Crippen LogP contribution in [-0.2, 0) is 14.3 Å². The van der Waals surface area contributed by atoms with Crippen LogP contribution < -0.4 is 5.32 Å². The number of amides is 1. The summed E-state index contributed by atoms with van der Waals surface area (Å²) in [7, 11) is 0. The lowest BCUT2D eigenvalue weighted by molar-refractivity contribution is -0.131. The monoisotopic (exact) mass is 263 g/mol. The first-order chi connectivity index (χ1) is 9.11. The highest BCUT2D eigenvalue weighted by molar-refractivity contribution is 5.92. The third-order valence-electron chi connectivity index (χ3n) is 2.19. The highest BCUT2D eigenvalue weighted by Crippen LogP contribution is 2.10. The van der Waals surface area contributed by atoms with E-state index in [-0.39, 0.29) is 12.5 Å². The first-order valence-corrected chi connectivity index (χ1v) is 6.00. The fourth-order valence-electron chi connectivity index (χ4n) is 1.35. The minimum Gasteiger partial charge on any atom is -0.478 e. The molecule has 0 aliphatic heterocycles. The van der Waals surface area contributed by atoms with Gasteiger partial charge in [-0.05, 0) is 30.2 Å². The maximum atomic E-state index is 11.5. The van der Waals surface area contributed by atoms with Gasteiger partial charge in [0.25, 0.3) is 0 Å². The van der Waals surface area contributed by atoms with Crippen LogP contribution in [-0.4, -0.2) is 30.2 Å². The number of hydrogen-bond donors (Lipinski definition) is 2. The fourth-order valence-corrected chi connectivity index (χ4v) is 1.35. The highest BCUT2D eigenvalue weighted by Gasteiger charge is 2.01. The lowest BCUT2D eigenvalue weighted by Crippen LogP contribution is -2.18. The molecule has 1 rings (SSSR count). The molecule has 0 aliphatic rings. The van der Waals surface area contributed by atoms with E-state index in [0.717, 1.165) is 18.1 Å². The summed E-state index contributed by atoms with van der Waals surface area (Å²) in [5.41, 5.74) is 1.40. The molecular weight excluding hydrogens is 246 g/mol. The first kappa shape index (κ1) is 14.9. The molecule has 0 unspecified atom stereocenters. The fraction of sp³-hybridized carbons (Fsp3) is 0.286. The molecule has 0 atom stereocenters. The van der Waals surface area contributed by atoms with Gasteiger partial charge in [-0.2, -0.15) is 0 Å². The van der Waals surface area contributed by atoms with Crippen molar-refractivity contribution >= 4 is 23.6 Å². The van der Waals surface area contributed by atoms with Crippen molar-refractivity contribution in [2.75, 3.05) is 18.5 Å². The quantitative estimate of drug-likeness (QED) is 0.584. The topological polar surface area (TPSA) is 75.6 Å². The van der Waals surface area contributed by atoms with Crippen molar-refractivity contribution in [2.45, 2.75) is 13.3 Å². The van der Waals surface area contributed by atoms with E-state index in [4.69, 9.17) is 9.84 Å². The van der Waals surface area contributed by atoms with Crippen molar-refractivity contribution < 1.29 is 19.4 Å². The minimum atomic E-state index is -0.995. The lowest BCUT2D eigenvalue weighted by atomic mass is 10.2. The molecule has 0 saturated carbocycles. The van der Waals surface area contributed by atoms with Crippen molar-refractivity contribution in [1.29, 1.82) is 0 Å². The average Bonchev–Trinajstić information content (AvgIpc) is 2.38. The second kappa shape index (κ2) is 8.05. The number of benzene rings is 1. The van der Waals surface area contributed by atoms with Gasteiger partial charge in [0.2, 0.25) is 5.91 Å². The largest absolute Gasteiger partial charge is 0.478 e. The zero-order valence-electron chi connectivity index (χ0n) is 10.8. The Bertz CT molecular complexity index is 451. The Hall–Kier alpha value is -2.14. The van der Waals surface area contributed by atoms with E-state index >= 15 is 0 Å². The molecule has 0 spiro atoms. The van der Waals surface area contributed by atoms with Crippen LogP contribution in [0.25, 0.3) is 6.08 Å². The molecule has 19 heavy (non-hydrogen) atoms. The number of aliphatic carboxylic acids is 1. The predicted molar refractivity (Wildman–Crippen MR) is 72.9 cm³/mol. The highest BCUT2D eigenvalue weighted by atomic mass is 16.5. The standard InChI is InChI=1S/C14H17NO4/c1-2-9-19-10-13(16)15-12-6-3-11(4-7-12)5-8-14(17)18/h3-8H,2,9-10H2,1H3,(H,15,16)(H,17,18)/b8-5+. The van der Waals surface area contributed by atoms with Crippen molar-refractivity contribution in [3.05, 3.63) is 35.9 Å². The number of ether oxygens (including phenoxy) is 1. The molecule has 5 heteroatoms. The van der Waals surface area contributed by atoms with Crippen molar-refractivity contribution in [2.24, 2.45) is 0 Å². The molecule has 0 aliphatic carbocycles. The molecule has 0 saturated heterocycles. The summed E-state index contributed by atoms with van der Waals surface area (Å²) >= 11 is 0. The normalized spacial score (nSPS) is 10.6. The Morgan fingerprint density at radius 2 is 2.00 bits per heavy atom. The van der Waals surface area contributed by atoms with Gasteiger partial charge in [-0.1, -0.05) is 19.1 Å². The Kier molecular flexibility index (Phi) is 6.32. The predicted octanol–water partition coefficient (Wildman–Crippen LogP) is 2.15. The average molecular weight is 263 g/mol. The molecule has 1 amide bonds. The molecule has 1 aromatic rings. The van der Waals surface area contributed by atoms with Crippen LogP contribution in [0.3, 0.4) is 0 Å². The third kappa shape index (κ3) is 6.38. The van der Waals surface area contributed by atoms with Gasteiger partial charge >= 0.3 is 5.97 Å². The molecule has 0 aromatic heterocycles. The zero-order valence-corrected chi connectivity index (χ0v) is 10.8. The third-order valence-corrected chi connectivity index (χ3v) is 2.19. The van der Waals surface area contributed by atoms with E-state index in [1.807, 2.05) is 6.92 Å². The number of nitrogens with one attached hydrogen (secondary N) is 1. The summed E-state index contributed by atoms with van der Waals surface area (Å²) in [4.78, 5) is 21.8. The maximum absolute atomic E-state index is 11.5. The molecule has 1 aromatic carbocycles. The van der Waals surface area contributed by atoms with Crippen molar-refractivity contribution in [1.82, 2.24) is 0 Å². The number of anilines is 1. The molecule has 0 bridgehead atoms. The number of carboxylic acids is 1. The van der Waals surface area contributed by atoms with Crippen LogP contribution >= 0.6 is 0 Å². The summed E-state index contributed by atoms with van der Waals surface area (Å²) in [6.07, 6.45) is 3.42. The number of hydrogen-bond acceptors (Lipinski definition) is 3. The van der Waals surface area contributed by atoms with Gasteiger partial charge in [-0.15, -0.1) is 0 Å². The molecule has 2 N–H and O–H groups in total. The maximum Gasteiger partial charge on any atom is 0.328 e. The van der Waals surface area contributed by atoms with Crippen molar-refractivity contribution in [3.8, 4) is 0 Å². The van der Waals surface area contributed by atoms with E-state index in [2.05, 4.69) is 5.32 Å². The Labute approximate surface area is 111 Å². The van der Waals surface area contributed by atoms with Gasteiger partial charge < -0.3 is 15.2 Å². The van der Waals surface area contributed by atoms with Crippen LogP contribution in [0, 0.1) is 0 Å². The van der Waals surface area contributed by atoms with Gasteiger partial charge in [0.1, 0.15) is 6.61 Å². The summed E-state index contributed by atoms with van der Waals surface area (Å²) < 4.78 is 5.12. The van der Waals surface area contributed by atoms with Crippen LogP contribution in [0.5, 0.6) is 0 Å². The van der Waals surface area contributed by atoms with E-state index in [1.54, 1.807) is 24.3 Å². The Balaban J connectivity index is 2.47. The van der Waals surface area contributed by atoms with E-state index < -0.39 is 5.97 Å². The number of carbonyl (C=O) groups is 2. The number of rotatable bonds is 7. The van der Waals surface area contributed by atoms with Crippen molar-refractivity contribution in [3.63, 3.8) is 0 Å². The summed E-state index contributed by atoms with van der Waals surface area (Å²) in [5.74, 6) is -1.20. The zero-order chi connectivity index (χ0) is 14.1. The molecule has 0 heterocycles. The van der Waals surface area contributed by atoms with E-state index in [9.17, 15) is 9.59 Å². The van der Waals surface area contributed by atoms with Crippen LogP contribution in [0.15, 0.2) is 30.3 Å². The van der Waals surface area contributed by atoms with Crippen LogP contribution in [0.2, 0.25) is 0 Å². The molecule has 5 nitrogen and oxygen atoms in total. The summed E-state index contributed by atoms with van der Waals surface area (Å²) in [6, 6.07) is 6.86. The smallest absolute Gasteiger partial charge is 0.328 e. The second-order valence-electron chi connectivity index (χ2n) is 3.89. The second-order valence-corrected chi connectivity index (χ2v) is 3.89. The number of carboxylic acid groups (broad SMARTS) is 1. The van der Waals surface area contributed by atoms with E-state index in [1.165, 1.54) is 6.08 Å². The molecular formula is C14H17NO4. The van der Waals surface area contributed by atoms with Gasteiger partial charge in [0, 0.05) is 18.4 Å². The van der Waals surface area contributed by atoms with Gasteiger partial charge in [0.15, 0.2) is 0 Å². The molecule has 102 valence electrons. The van der Waals surface area contributed by atoms with E-state index in [0.29, 0.717) is 12.3 Å². The summed E-state index contributed by atoms with van der Waals surface area (Å²) in [5, 5.41) is 11.2. The molecule has 0 fully saturated rings. The SMILES string of the molecule is CCCOCC(=O)Nc1ccc(/C=C/C(=O)O)cc1.